The Labute approximate surface area is 125 Å². The van der Waals surface area contributed by atoms with Crippen molar-refractivity contribution in [2.45, 2.75) is 13.0 Å². The minimum atomic E-state index is -0.751. The molecule has 0 spiro atoms. The van der Waals surface area contributed by atoms with Gasteiger partial charge in [-0.1, -0.05) is 29.3 Å². The summed E-state index contributed by atoms with van der Waals surface area (Å²) in [5.74, 6) is -1.50. The Kier molecular flexibility index (Phi) is 4.35. The van der Waals surface area contributed by atoms with Gasteiger partial charge in [-0.15, -0.1) is 0 Å². The summed E-state index contributed by atoms with van der Waals surface area (Å²) >= 11 is 11.9. The molecule has 3 N–H and O–H groups in total. The summed E-state index contributed by atoms with van der Waals surface area (Å²) in [5.41, 5.74) is 5.85. The van der Waals surface area contributed by atoms with E-state index >= 15 is 0 Å². The molecule has 0 amide bonds. The van der Waals surface area contributed by atoms with Gasteiger partial charge in [-0.05, 0) is 36.8 Å². The van der Waals surface area contributed by atoms with Crippen LogP contribution in [0, 0.1) is 11.6 Å². The Balaban J connectivity index is 2.30. The second-order valence-corrected chi connectivity index (χ2v) is 5.24. The average molecular weight is 317 g/mol. The lowest BCUT2D eigenvalue weighted by Gasteiger charge is -2.18. The van der Waals surface area contributed by atoms with Gasteiger partial charge in [-0.25, -0.2) is 8.78 Å². The number of benzene rings is 2. The minimum absolute atomic E-state index is 0.0303. The zero-order valence-electron chi connectivity index (χ0n) is 10.6. The van der Waals surface area contributed by atoms with E-state index in [0.29, 0.717) is 15.6 Å². The number of nitrogens with one attached hydrogen (secondary N) is 1. The van der Waals surface area contributed by atoms with Crippen molar-refractivity contribution in [2.24, 2.45) is 0 Å². The second-order valence-electron chi connectivity index (χ2n) is 4.39. The maximum atomic E-state index is 13.7. The average Bonchev–Trinajstić information content (AvgIpc) is 2.33. The van der Waals surface area contributed by atoms with Crippen LogP contribution in [0.3, 0.4) is 0 Å². The normalized spacial score (nSPS) is 12.2. The first-order chi connectivity index (χ1) is 9.38. The topological polar surface area (TPSA) is 38.0 Å². The van der Waals surface area contributed by atoms with Crippen LogP contribution in [0.25, 0.3) is 0 Å². The highest BCUT2D eigenvalue weighted by Crippen LogP contribution is 2.30. The highest BCUT2D eigenvalue weighted by atomic mass is 35.5. The predicted molar refractivity (Wildman–Crippen MR) is 79.3 cm³/mol. The van der Waals surface area contributed by atoms with Gasteiger partial charge in [0.25, 0.3) is 0 Å². The minimum Gasteiger partial charge on any atom is -0.399 e. The summed E-state index contributed by atoms with van der Waals surface area (Å²) in [4.78, 5) is 0. The molecule has 0 saturated carbocycles. The maximum Gasteiger partial charge on any atom is 0.151 e. The van der Waals surface area contributed by atoms with Crippen molar-refractivity contribution in [2.75, 3.05) is 11.1 Å². The molecule has 0 aliphatic heterocycles. The van der Waals surface area contributed by atoms with Crippen LogP contribution in [-0.2, 0) is 0 Å². The summed E-state index contributed by atoms with van der Waals surface area (Å²) in [6.07, 6.45) is 0. The van der Waals surface area contributed by atoms with Gasteiger partial charge in [0.15, 0.2) is 11.6 Å². The molecule has 0 heterocycles. The van der Waals surface area contributed by atoms with E-state index in [4.69, 9.17) is 28.9 Å². The van der Waals surface area contributed by atoms with E-state index in [9.17, 15) is 8.78 Å². The largest absolute Gasteiger partial charge is 0.399 e. The molecule has 0 fully saturated rings. The number of rotatable bonds is 3. The van der Waals surface area contributed by atoms with Gasteiger partial charge in [0.1, 0.15) is 5.69 Å². The lowest BCUT2D eigenvalue weighted by molar-refractivity contribution is 0.585. The molecule has 1 unspecified atom stereocenters. The van der Waals surface area contributed by atoms with Gasteiger partial charge in [0, 0.05) is 15.7 Å². The Morgan fingerprint density at radius 1 is 1.10 bits per heavy atom. The molecule has 2 nitrogen and oxygen atoms in total. The van der Waals surface area contributed by atoms with Crippen LogP contribution in [0.2, 0.25) is 10.0 Å². The van der Waals surface area contributed by atoms with E-state index in [2.05, 4.69) is 5.32 Å². The molecule has 2 aromatic carbocycles. The van der Waals surface area contributed by atoms with Crippen molar-refractivity contribution in [3.63, 3.8) is 0 Å². The molecule has 1 atom stereocenters. The first kappa shape index (κ1) is 14.9. The van der Waals surface area contributed by atoms with Crippen molar-refractivity contribution in [3.8, 4) is 0 Å². The molecule has 0 saturated heterocycles. The summed E-state index contributed by atoms with van der Waals surface area (Å²) in [7, 11) is 0. The van der Waals surface area contributed by atoms with Crippen molar-refractivity contribution < 1.29 is 8.78 Å². The van der Waals surface area contributed by atoms with Gasteiger partial charge in [0.2, 0.25) is 0 Å². The number of nitrogens with two attached hydrogens (primary N) is 1. The van der Waals surface area contributed by atoms with Crippen LogP contribution in [0.1, 0.15) is 18.5 Å². The van der Waals surface area contributed by atoms with Crippen molar-refractivity contribution in [1.82, 2.24) is 0 Å². The Morgan fingerprint density at radius 3 is 2.25 bits per heavy atom. The number of anilines is 2. The Morgan fingerprint density at radius 2 is 1.70 bits per heavy atom. The molecule has 6 heteroatoms. The molecular weight excluding hydrogens is 305 g/mol. The number of halogens is 4. The third kappa shape index (κ3) is 3.14. The van der Waals surface area contributed by atoms with E-state index in [1.54, 1.807) is 25.1 Å². The fourth-order valence-corrected chi connectivity index (χ4v) is 2.45. The van der Waals surface area contributed by atoms with Crippen molar-refractivity contribution >= 4 is 34.6 Å². The molecule has 0 aliphatic carbocycles. The van der Waals surface area contributed by atoms with Gasteiger partial charge >= 0.3 is 0 Å². The van der Waals surface area contributed by atoms with E-state index in [0.717, 1.165) is 12.1 Å². The summed E-state index contributed by atoms with van der Waals surface area (Å²) in [6.45, 7) is 1.74. The summed E-state index contributed by atoms with van der Waals surface area (Å²) in [5, 5.41) is 3.67. The smallest absolute Gasteiger partial charge is 0.151 e. The van der Waals surface area contributed by atoms with Gasteiger partial charge in [-0.2, -0.15) is 0 Å². The highest BCUT2D eigenvalue weighted by Gasteiger charge is 2.15. The molecule has 20 heavy (non-hydrogen) atoms. The molecule has 0 bridgehead atoms. The molecule has 106 valence electrons. The molecule has 2 rings (SSSR count). The zero-order chi connectivity index (χ0) is 14.9. The third-order valence-corrected chi connectivity index (χ3v) is 3.42. The van der Waals surface area contributed by atoms with Crippen LogP contribution < -0.4 is 11.1 Å². The van der Waals surface area contributed by atoms with Crippen molar-refractivity contribution in [3.05, 3.63) is 57.6 Å². The second kappa shape index (κ2) is 5.85. The SMILES string of the molecule is CC(Nc1c(F)cc(N)cc1F)c1ccc(Cl)cc1Cl. The quantitative estimate of drug-likeness (QED) is 0.780. The fourth-order valence-electron chi connectivity index (χ4n) is 1.88. The Bertz CT molecular complexity index is 624. The number of nitrogen functional groups attached to an aromatic ring is 1. The van der Waals surface area contributed by atoms with Gasteiger partial charge in [0.05, 0.1) is 6.04 Å². The highest BCUT2D eigenvalue weighted by molar-refractivity contribution is 6.35. The van der Waals surface area contributed by atoms with E-state index < -0.39 is 17.7 Å². The summed E-state index contributed by atoms with van der Waals surface area (Å²) in [6, 6.07) is 6.66. The summed E-state index contributed by atoms with van der Waals surface area (Å²) < 4.78 is 27.4. The first-order valence-electron chi connectivity index (χ1n) is 5.84. The van der Waals surface area contributed by atoms with Gasteiger partial charge < -0.3 is 11.1 Å². The maximum absolute atomic E-state index is 13.7. The van der Waals surface area contributed by atoms with Crippen LogP contribution in [0.15, 0.2) is 30.3 Å². The molecular formula is C14H12Cl2F2N2. The van der Waals surface area contributed by atoms with Crippen molar-refractivity contribution in [1.29, 1.82) is 0 Å². The van der Waals surface area contributed by atoms with Crippen LogP contribution in [-0.4, -0.2) is 0 Å². The third-order valence-electron chi connectivity index (χ3n) is 2.85. The molecule has 0 radical (unpaired) electrons. The van der Waals surface area contributed by atoms with E-state index in [1.165, 1.54) is 0 Å². The fraction of sp³-hybridized carbons (Fsp3) is 0.143. The van der Waals surface area contributed by atoms with Gasteiger partial charge in [-0.3, -0.25) is 0 Å². The lowest BCUT2D eigenvalue weighted by atomic mass is 10.1. The molecule has 0 aromatic heterocycles. The van der Waals surface area contributed by atoms with Crippen LogP contribution >= 0.6 is 23.2 Å². The monoisotopic (exact) mass is 316 g/mol. The van der Waals surface area contributed by atoms with E-state index in [1.807, 2.05) is 0 Å². The molecule has 2 aromatic rings. The molecule has 0 aliphatic rings. The van der Waals surface area contributed by atoms with Crippen LogP contribution in [0.4, 0.5) is 20.2 Å². The number of hydrogen-bond donors (Lipinski definition) is 2. The Hall–Kier alpha value is -1.52. The first-order valence-corrected chi connectivity index (χ1v) is 6.60. The number of hydrogen-bond acceptors (Lipinski definition) is 2. The standard InChI is InChI=1S/C14H12Cl2F2N2/c1-7(10-3-2-8(15)4-11(10)16)20-14-12(17)5-9(19)6-13(14)18/h2-7,20H,19H2,1H3. The zero-order valence-corrected chi connectivity index (χ0v) is 12.1. The van der Waals surface area contributed by atoms with Crippen LogP contribution in [0.5, 0.6) is 0 Å². The lowest BCUT2D eigenvalue weighted by Crippen LogP contribution is -2.10. The predicted octanol–water partition coefficient (Wildman–Crippen LogP) is 5.03. The van der Waals surface area contributed by atoms with E-state index in [-0.39, 0.29) is 11.4 Å².